The second-order valence-electron chi connectivity index (χ2n) is 6.83. The number of carbonyl (C=O) groups is 1. The van der Waals surface area contributed by atoms with Crippen molar-refractivity contribution in [3.63, 3.8) is 0 Å². The monoisotopic (exact) mass is 302 g/mol. The zero-order valence-electron chi connectivity index (χ0n) is 13.2. The summed E-state index contributed by atoms with van der Waals surface area (Å²) in [6.07, 6.45) is 7.79. The van der Waals surface area contributed by atoms with E-state index in [-0.39, 0.29) is 12.6 Å². The van der Waals surface area contributed by atoms with Gasteiger partial charge in [-0.05, 0) is 42.2 Å². The molecular weight excluding hydrogens is 276 g/mol. The molecule has 1 aromatic rings. The van der Waals surface area contributed by atoms with Gasteiger partial charge in [0.1, 0.15) is 0 Å². The number of hydrogen-bond acceptors (Lipinski definition) is 2. The van der Waals surface area contributed by atoms with Gasteiger partial charge >= 0.3 is 6.03 Å². The summed E-state index contributed by atoms with van der Waals surface area (Å²) < 4.78 is 0. The van der Waals surface area contributed by atoms with Gasteiger partial charge in [0.2, 0.25) is 0 Å². The van der Waals surface area contributed by atoms with Crippen molar-refractivity contribution >= 4 is 6.03 Å². The Hall–Kier alpha value is -1.55. The van der Waals surface area contributed by atoms with Gasteiger partial charge < -0.3 is 15.3 Å². The van der Waals surface area contributed by atoms with E-state index in [4.69, 9.17) is 5.11 Å². The Bertz CT molecular complexity index is 514. The van der Waals surface area contributed by atoms with Crippen LogP contribution in [-0.4, -0.2) is 29.1 Å². The van der Waals surface area contributed by atoms with E-state index >= 15 is 0 Å². The number of rotatable bonds is 3. The van der Waals surface area contributed by atoms with Gasteiger partial charge in [0, 0.05) is 19.6 Å². The predicted molar refractivity (Wildman–Crippen MR) is 86.3 cm³/mol. The molecule has 2 N–H and O–H groups in total. The van der Waals surface area contributed by atoms with Gasteiger partial charge in [0.25, 0.3) is 0 Å². The van der Waals surface area contributed by atoms with Gasteiger partial charge in [0.05, 0.1) is 6.61 Å². The van der Waals surface area contributed by atoms with Crippen molar-refractivity contribution in [2.24, 2.45) is 5.41 Å². The fourth-order valence-electron chi connectivity index (χ4n) is 3.94. The van der Waals surface area contributed by atoms with Crippen LogP contribution in [0, 0.1) is 5.41 Å². The first-order chi connectivity index (χ1) is 10.7. The molecule has 1 spiro atoms. The molecule has 3 rings (SSSR count). The Morgan fingerprint density at radius 1 is 1.14 bits per heavy atom. The van der Waals surface area contributed by atoms with Crippen LogP contribution in [0.5, 0.6) is 0 Å². The van der Waals surface area contributed by atoms with E-state index in [1.165, 1.54) is 38.5 Å². The number of aliphatic hydroxyl groups is 1. The average molecular weight is 302 g/mol. The molecule has 1 aromatic carbocycles. The first-order valence-electron chi connectivity index (χ1n) is 8.42. The maximum absolute atomic E-state index is 12.3. The third-order valence-corrected chi connectivity index (χ3v) is 5.39. The number of nitrogens with zero attached hydrogens (tertiary/aromatic N) is 1. The topological polar surface area (TPSA) is 52.6 Å². The van der Waals surface area contributed by atoms with Crippen LogP contribution in [0.1, 0.15) is 49.7 Å². The van der Waals surface area contributed by atoms with Crippen LogP contribution in [0.3, 0.4) is 0 Å². The largest absolute Gasteiger partial charge is 0.392 e. The molecule has 2 amide bonds. The van der Waals surface area contributed by atoms with Gasteiger partial charge in [-0.25, -0.2) is 4.79 Å². The second kappa shape index (κ2) is 6.69. The van der Waals surface area contributed by atoms with Crippen molar-refractivity contribution in [1.82, 2.24) is 10.2 Å². The molecule has 1 heterocycles. The molecule has 0 aromatic heterocycles. The summed E-state index contributed by atoms with van der Waals surface area (Å²) in [6, 6.07) is 7.75. The molecule has 22 heavy (non-hydrogen) atoms. The standard InChI is InChI=1S/C18H26N2O2/c21-14-16-5-3-4-15(12-16)13-19-17(22)20-10-8-18(9-11-20)6-1-2-7-18/h3-5,12,21H,1-2,6-11,13-14H2,(H,19,22). The highest BCUT2D eigenvalue weighted by atomic mass is 16.3. The number of likely N-dealkylation sites (tertiary alicyclic amines) is 1. The number of aliphatic hydroxyl groups excluding tert-OH is 1. The van der Waals surface area contributed by atoms with E-state index in [0.717, 1.165) is 24.2 Å². The zero-order valence-corrected chi connectivity index (χ0v) is 13.2. The summed E-state index contributed by atoms with van der Waals surface area (Å²) in [6.45, 7) is 2.34. The van der Waals surface area contributed by atoms with E-state index in [2.05, 4.69) is 5.32 Å². The number of urea groups is 1. The molecule has 1 saturated carbocycles. The lowest BCUT2D eigenvalue weighted by molar-refractivity contribution is 0.120. The van der Waals surface area contributed by atoms with Crippen molar-refractivity contribution in [3.8, 4) is 0 Å². The third kappa shape index (κ3) is 3.43. The highest BCUT2D eigenvalue weighted by Gasteiger charge is 2.37. The minimum atomic E-state index is 0.0377. The highest BCUT2D eigenvalue weighted by Crippen LogP contribution is 2.46. The predicted octanol–water partition coefficient (Wildman–Crippen LogP) is 3.04. The summed E-state index contributed by atoms with van der Waals surface area (Å²) in [5, 5.41) is 12.2. The summed E-state index contributed by atoms with van der Waals surface area (Å²) in [7, 11) is 0. The van der Waals surface area contributed by atoms with E-state index in [9.17, 15) is 4.79 Å². The molecule has 1 aliphatic heterocycles. The number of amides is 2. The Labute approximate surface area is 132 Å². The number of hydrogen-bond donors (Lipinski definition) is 2. The molecule has 1 aliphatic carbocycles. The Kier molecular flexibility index (Phi) is 4.67. The lowest BCUT2D eigenvalue weighted by Gasteiger charge is -2.39. The maximum atomic E-state index is 12.3. The number of benzene rings is 1. The quantitative estimate of drug-likeness (QED) is 0.901. The molecule has 120 valence electrons. The number of carbonyl (C=O) groups excluding carboxylic acids is 1. The Morgan fingerprint density at radius 3 is 2.50 bits per heavy atom. The molecule has 0 atom stereocenters. The minimum absolute atomic E-state index is 0.0377. The normalized spacial score (nSPS) is 20.3. The van der Waals surface area contributed by atoms with E-state index in [0.29, 0.717) is 12.0 Å². The van der Waals surface area contributed by atoms with E-state index in [1.807, 2.05) is 29.2 Å². The molecule has 2 fully saturated rings. The second-order valence-corrected chi connectivity index (χ2v) is 6.83. The van der Waals surface area contributed by atoms with Crippen LogP contribution in [0.4, 0.5) is 4.79 Å². The molecule has 4 heteroatoms. The van der Waals surface area contributed by atoms with Gasteiger partial charge in [-0.3, -0.25) is 0 Å². The summed E-state index contributed by atoms with van der Waals surface area (Å²) in [4.78, 5) is 14.3. The van der Waals surface area contributed by atoms with Gasteiger partial charge in [0.15, 0.2) is 0 Å². The maximum Gasteiger partial charge on any atom is 0.317 e. The first kappa shape index (κ1) is 15.3. The molecule has 4 nitrogen and oxygen atoms in total. The lowest BCUT2D eigenvalue weighted by Crippen LogP contribution is -2.46. The molecule has 0 radical (unpaired) electrons. The smallest absolute Gasteiger partial charge is 0.317 e. The fraction of sp³-hybridized carbons (Fsp3) is 0.611. The summed E-state index contributed by atoms with van der Waals surface area (Å²) >= 11 is 0. The molecule has 0 unspecified atom stereocenters. The van der Waals surface area contributed by atoms with Gasteiger partial charge in [-0.2, -0.15) is 0 Å². The van der Waals surface area contributed by atoms with Crippen LogP contribution in [-0.2, 0) is 13.2 Å². The van der Waals surface area contributed by atoms with Crippen LogP contribution < -0.4 is 5.32 Å². The third-order valence-electron chi connectivity index (χ3n) is 5.39. The van der Waals surface area contributed by atoms with Crippen molar-refractivity contribution < 1.29 is 9.90 Å². The van der Waals surface area contributed by atoms with Crippen molar-refractivity contribution in [2.45, 2.75) is 51.7 Å². The van der Waals surface area contributed by atoms with Crippen molar-refractivity contribution in [2.75, 3.05) is 13.1 Å². The first-order valence-corrected chi connectivity index (χ1v) is 8.42. The Balaban J connectivity index is 1.48. The van der Waals surface area contributed by atoms with Crippen LogP contribution in [0.2, 0.25) is 0 Å². The van der Waals surface area contributed by atoms with Crippen LogP contribution >= 0.6 is 0 Å². The van der Waals surface area contributed by atoms with Gasteiger partial charge in [-0.15, -0.1) is 0 Å². The van der Waals surface area contributed by atoms with Crippen molar-refractivity contribution in [3.05, 3.63) is 35.4 Å². The molecule has 2 aliphatic rings. The van der Waals surface area contributed by atoms with Gasteiger partial charge in [-0.1, -0.05) is 37.1 Å². The van der Waals surface area contributed by atoms with Crippen LogP contribution in [0.15, 0.2) is 24.3 Å². The lowest BCUT2D eigenvalue weighted by atomic mass is 9.77. The number of nitrogens with one attached hydrogen (secondary N) is 1. The number of piperidine rings is 1. The average Bonchev–Trinajstić information content (AvgIpc) is 3.01. The molecular formula is C18H26N2O2. The van der Waals surface area contributed by atoms with E-state index in [1.54, 1.807) is 0 Å². The minimum Gasteiger partial charge on any atom is -0.392 e. The Morgan fingerprint density at radius 2 is 1.82 bits per heavy atom. The summed E-state index contributed by atoms with van der Waals surface area (Å²) in [5.74, 6) is 0. The highest BCUT2D eigenvalue weighted by molar-refractivity contribution is 5.74. The molecule has 0 bridgehead atoms. The van der Waals surface area contributed by atoms with Crippen molar-refractivity contribution in [1.29, 1.82) is 0 Å². The van der Waals surface area contributed by atoms with E-state index < -0.39 is 0 Å². The zero-order chi connectivity index (χ0) is 15.4. The van der Waals surface area contributed by atoms with Crippen LogP contribution in [0.25, 0.3) is 0 Å². The fourth-order valence-corrected chi connectivity index (χ4v) is 3.94. The molecule has 1 saturated heterocycles. The summed E-state index contributed by atoms with van der Waals surface area (Å²) in [5.41, 5.74) is 2.46. The SMILES string of the molecule is O=C(NCc1cccc(CO)c1)N1CCC2(CCCC2)CC1.